The van der Waals surface area contributed by atoms with Crippen molar-refractivity contribution in [2.75, 3.05) is 0 Å². The molecular weight excluding hydrogens is 352 g/mol. The van der Waals surface area contributed by atoms with Crippen molar-refractivity contribution < 1.29 is 5.11 Å². The number of aliphatic hydroxyl groups is 1. The highest BCUT2D eigenvalue weighted by Gasteiger charge is 2.15. The Morgan fingerprint density at radius 3 is 2.76 bits per heavy atom. The fourth-order valence-electron chi connectivity index (χ4n) is 2.39. The molecule has 0 fully saturated rings. The van der Waals surface area contributed by atoms with Crippen molar-refractivity contribution in [3.63, 3.8) is 0 Å². The maximum Gasteiger partial charge on any atom is 0.112 e. The van der Waals surface area contributed by atoms with E-state index < -0.39 is 6.10 Å². The molecule has 0 bridgehead atoms. The highest BCUT2D eigenvalue weighted by molar-refractivity contribution is 9.10. The third-order valence-electron chi connectivity index (χ3n) is 3.58. The molecule has 1 heterocycles. The molecule has 0 spiro atoms. The second-order valence-electron chi connectivity index (χ2n) is 4.97. The molecule has 3 aromatic rings. The zero-order valence-corrected chi connectivity index (χ0v) is 13.8. The number of imidazole rings is 1. The molecule has 0 saturated carbocycles. The van der Waals surface area contributed by atoms with Gasteiger partial charge in [-0.05, 0) is 45.8 Å². The lowest BCUT2D eigenvalue weighted by Crippen LogP contribution is -2.07. The molecule has 21 heavy (non-hydrogen) atoms. The van der Waals surface area contributed by atoms with Crippen LogP contribution in [-0.2, 0) is 13.5 Å². The van der Waals surface area contributed by atoms with E-state index in [4.69, 9.17) is 11.6 Å². The third-order valence-corrected chi connectivity index (χ3v) is 4.80. The lowest BCUT2D eigenvalue weighted by Gasteiger charge is -2.12. The van der Waals surface area contributed by atoms with Crippen molar-refractivity contribution >= 4 is 38.6 Å². The quantitative estimate of drug-likeness (QED) is 0.753. The predicted molar refractivity (Wildman–Crippen MR) is 88.5 cm³/mol. The summed E-state index contributed by atoms with van der Waals surface area (Å²) in [7, 11) is 1.97. The molecule has 0 saturated heterocycles. The number of aryl methyl sites for hydroxylation is 1. The Hall–Kier alpha value is -1.36. The van der Waals surface area contributed by atoms with Crippen molar-refractivity contribution in [3.8, 4) is 0 Å². The zero-order chi connectivity index (χ0) is 15.0. The topological polar surface area (TPSA) is 38.0 Å². The van der Waals surface area contributed by atoms with E-state index in [0.717, 1.165) is 26.9 Å². The van der Waals surface area contributed by atoms with Gasteiger partial charge in [0.25, 0.3) is 0 Å². The number of benzene rings is 2. The largest absolute Gasteiger partial charge is 0.388 e. The van der Waals surface area contributed by atoms with E-state index in [1.807, 2.05) is 48.0 Å². The van der Waals surface area contributed by atoms with E-state index in [1.54, 1.807) is 6.07 Å². The summed E-state index contributed by atoms with van der Waals surface area (Å²) in [5, 5.41) is 11.1. The molecular formula is C16H14BrClN2O. The smallest absolute Gasteiger partial charge is 0.112 e. The number of aromatic nitrogens is 2. The van der Waals surface area contributed by atoms with Crippen molar-refractivity contribution in [3.05, 3.63) is 63.3 Å². The van der Waals surface area contributed by atoms with E-state index in [1.165, 1.54) is 0 Å². The fourth-order valence-corrected chi connectivity index (χ4v) is 2.90. The summed E-state index contributed by atoms with van der Waals surface area (Å²) >= 11 is 9.36. The average Bonchev–Trinajstić information content (AvgIpc) is 2.79. The highest BCUT2D eigenvalue weighted by atomic mass is 79.9. The molecule has 108 valence electrons. The molecule has 1 unspecified atom stereocenters. The number of para-hydroxylation sites is 2. The summed E-state index contributed by atoms with van der Waals surface area (Å²) in [4.78, 5) is 4.58. The minimum atomic E-state index is -0.617. The molecule has 2 aromatic carbocycles. The minimum Gasteiger partial charge on any atom is -0.388 e. The molecule has 0 radical (unpaired) electrons. The van der Waals surface area contributed by atoms with E-state index in [2.05, 4.69) is 20.9 Å². The number of aliphatic hydroxyl groups excluding tert-OH is 1. The molecule has 0 amide bonds. The lowest BCUT2D eigenvalue weighted by molar-refractivity contribution is 0.175. The molecule has 1 atom stereocenters. The number of halogens is 2. The van der Waals surface area contributed by atoms with Crippen LogP contribution in [0.15, 0.2) is 46.9 Å². The van der Waals surface area contributed by atoms with Gasteiger partial charge in [-0.3, -0.25) is 0 Å². The SMILES string of the molecule is Cn1c(CC(O)c2ccc(Cl)c(Br)c2)nc2ccccc21. The van der Waals surface area contributed by atoms with Gasteiger partial charge in [-0.25, -0.2) is 4.98 Å². The molecule has 1 N–H and O–H groups in total. The maximum absolute atomic E-state index is 10.4. The van der Waals surface area contributed by atoms with Gasteiger partial charge in [0.1, 0.15) is 5.82 Å². The van der Waals surface area contributed by atoms with Crippen LogP contribution in [0.4, 0.5) is 0 Å². The predicted octanol–water partition coefficient (Wildman–Crippen LogP) is 4.27. The van der Waals surface area contributed by atoms with E-state index >= 15 is 0 Å². The summed E-state index contributed by atoms with van der Waals surface area (Å²) in [6.07, 6.45) is -0.159. The van der Waals surface area contributed by atoms with Gasteiger partial charge in [0.2, 0.25) is 0 Å². The summed E-state index contributed by atoms with van der Waals surface area (Å²) in [6.45, 7) is 0. The number of nitrogens with zero attached hydrogens (tertiary/aromatic N) is 2. The second-order valence-corrected chi connectivity index (χ2v) is 6.23. The highest BCUT2D eigenvalue weighted by Crippen LogP contribution is 2.28. The Balaban J connectivity index is 1.90. The van der Waals surface area contributed by atoms with E-state index in [0.29, 0.717) is 11.4 Å². The monoisotopic (exact) mass is 364 g/mol. The molecule has 1 aromatic heterocycles. The van der Waals surface area contributed by atoms with E-state index in [-0.39, 0.29) is 0 Å². The van der Waals surface area contributed by atoms with Crippen LogP contribution in [0.5, 0.6) is 0 Å². The Kier molecular flexibility index (Phi) is 4.02. The zero-order valence-electron chi connectivity index (χ0n) is 11.4. The van der Waals surface area contributed by atoms with Crippen LogP contribution < -0.4 is 0 Å². The standard InChI is InChI=1S/C16H14BrClN2O/c1-20-14-5-3-2-4-13(14)19-16(20)9-15(21)10-6-7-12(18)11(17)8-10/h2-8,15,21H,9H2,1H3. The average molecular weight is 366 g/mol. The van der Waals surface area contributed by atoms with Crippen LogP contribution in [0.1, 0.15) is 17.5 Å². The maximum atomic E-state index is 10.4. The van der Waals surface area contributed by atoms with Crippen LogP contribution in [0.25, 0.3) is 11.0 Å². The van der Waals surface area contributed by atoms with Gasteiger partial charge < -0.3 is 9.67 Å². The van der Waals surface area contributed by atoms with Gasteiger partial charge in [0.15, 0.2) is 0 Å². The number of rotatable bonds is 3. The van der Waals surface area contributed by atoms with Crippen molar-refractivity contribution in [2.45, 2.75) is 12.5 Å². The Morgan fingerprint density at radius 1 is 1.29 bits per heavy atom. The fraction of sp³-hybridized carbons (Fsp3) is 0.188. The summed E-state index contributed by atoms with van der Waals surface area (Å²) < 4.78 is 2.80. The Labute approximate surface area is 136 Å². The van der Waals surface area contributed by atoms with Crippen molar-refractivity contribution in [1.29, 1.82) is 0 Å². The molecule has 0 aliphatic rings. The molecule has 3 nitrogen and oxygen atoms in total. The van der Waals surface area contributed by atoms with Gasteiger partial charge in [-0.2, -0.15) is 0 Å². The Morgan fingerprint density at radius 2 is 2.05 bits per heavy atom. The first kappa shape index (κ1) is 14.6. The molecule has 0 aliphatic carbocycles. The van der Waals surface area contributed by atoms with Gasteiger partial charge in [-0.15, -0.1) is 0 Å². The first-order valence-electron chi connectivity index (χ1n) is 6.59. The summed E-state index contributed by atoms with van der Waals surface area (Å²) in [5.41, 5.74) is 2.83. The molecule has 0 aliphatic heterocycles. The van der Waals surface area contributed by atoms with Crippen molar-refractivity contribution in [1.82, 2.24) is 9.55 Å². The number of hydrogen-bond acceptors (Lipinski definition) is 2. The Bertz CT molecular complexity index is 800. The van der Waals surface area contributed by atoms with Crippen LogP contribution >= 0.6 is 27.5 Å². The summed E-state index contributed by atoms with van der Waals surface area (Å²) in [5.74, 6) is 0.856. The number of hydrogen-bond donors (Lipinski definition) is 1. The van der Waals surface area contributed by atoms with Gasteiger partial charge >= 0.3 is 0 Å². The van der Waals surface area contributed by atoms with Crippen LogP contribution in [0, 0.1) is 0 Å². The first-order chi connectivity index (χ1) is 10.1. The lowest BCUT2D eigenvalue weighted by atomic mass is 10.1. The van der Waals surface area contributed by atoms with Gasteiger partial charge in [0, 0.05) is 17.9 Å². The van der Waals surface area contributed by atoms with Gasteiger partial charge in [0.05, 0.1) is 22.2 Å². The van der Waals surface area contributed by atoms with Crippen molar-refractivity contribution in [2.24, 2.45) is 7.05 Å². The molecule has 3 rings (SSSR count). The molecule has 5 heteroatoms. The second kappa shape index (κ2) is 5.79. The normalized spacial score (nSPS) is 12.8. The van der Waals surface area contributed by atoms with Crippen LogP contribution in [-0.4, -0.2) is 14.7 Å². The summed E-state index contributed by atoms with van der Waals surface area (Å²) in [6, 6.07) is 13.4. The van der Waals surface area contributed by atoms with Gasteiger partial charge in [-0.1, -0.05) is 29.8 Å². The van der Waals surface area contributed by atoms with E-state index in [9.17, 15) is 5.11 Å². The van der Waals surface area contributed by atoms with Crippen LogP contribution in [0.2, 0.25) is 5.02 Å². The third kappa shape index (κ3) is 2.84. The number of fused-ring (bicyclic) bond motifs is 1. The van der Waals surface area contributed by atoms with Crippen LogP contribution in [0.3, 0.4) is 0 Å². The first-order valence-corrected chi connectivity index (χ1v) is 7.76. The minimum absolute atomic E-state index is 0.458.